The maximum Gasteiger partial charge on any atom is 0.134 e. The Labute approximate surface area is 292 Å². The van der Waals surface area contributed by atoms with Crippen LogP contribution in [0.1, 0.15) is 22.3 Å². The third-order valence-electron chi connectivity index (χ3n) is 11.2. The first-order valence-electron chi connectivity index (χ1n) is 17.2. The van der Waals surface area contributed by atoms with Crippen molar-refractivity contribution in [1.82, 2.24) is 4.57 Å². The second-order valence-corrected chi connectivity index (χ2v) is 14.7. The summed E-state index contributed by atoms with van der Waals surface area (Å²) < 4.78 is 12.0. The number of para-hydroxylation sites is 1. The van der Waals surface area contributed by atoms with Gasteiger partial charge in [-0.15, -0.1) is 11.3 Å². The Morgan fingerprint density at radius 1 is 0.440 bits per heavy atom. The predicted octanol–water partition coefficient (Wildman–Crippen LogP) is 12.8. The van der Waals surface area contributed by atoms with Crippen LogP contribution in [0.5, 0.6) is 11.5 Å². The smallest absolute Gasteiger partial charge is 0.134 e. The topological polar surface area (TPSA) is 14.2 Å². The van der Waals surface area contributed by atoms with Crippen molar-refractivity contribution in [2.75, 3.05) is 0 Å². The third-order valence-corrected chi connectivity index (χ3v) is 12.4. The first-order chi connectivity index (χ1) is 24.8. The van der Waals surface area contributed by atoms with Crippen molar-refractivity contribution in [3.8, 4) is 28.3 Å². The van der Waals surface area contributed by atoms with Gasteiger partial charge in [-0.1, -0.05) is 121 Å². The zero-order valence-corrected chi connectivity index (χ0v) is 27.7. The molecule has 1 aliphatic heterocycles. The van der Waals surface area contributed by atoms with E-state index in [0.29, 0.717) is 0 Å². The molecular weight excluding hydrogens is 627 g/mol. The van der Waals surface area contributed by atoms with Gasteiger partial charge in [0.2, 0.25) is 0 Å². The number of hydrogen-bond acceptors (Lipinski definition) is 2. The molecule has 0 unspecified atom stereocenters. The molecule has 2 nitrogen and oxygen atoms in total. The van der Waals surface area contributed by atoms with Gasteiger partial charge in [-0.2, -0.15) is 0 Å². The Balaban J connectivity index is 1.24. The molecule has 0 N–H and O–H groups in total. The van der Waals surface area contributed by atoms with E-state index in [9.17, 15) is 0 Å². The molecular formula is C47H27NOS. The number of benzene rings is 8. The molecule has 2 aromatic heterocycles. The summed E-state index contributed by atoms with van der Waals surface area (Å²) in [7, 11) is 0. The Morgan fingerprint density at radius 3 is 1.96 bits per heavy atom. The fraction of sp³-hybridized carbons (Fsp3) is 0.0213. The van der Waals surface area contributed by atoms with E-state index in [1.165, 1.54) is 80.6 Å². The molecule has 232 valence electrons. The fourth-order valence-corrected chi connectivity index (χ4v) is 10.4. The predicted molar refractivity (Wildman–Crippen MR) is 209 cm³/mol. The van der Waals surface area contributed by atoms with E-state index < -0.39 is 5.41 Å². The lowest BCUT2D eigenvalue weighted by atomic mass is 9.66. The van der Waals surface area contributed by atoms with Crippen LogP contribution in [0.4, 0.5) is 0 Å². The number of nitrogens with zero attached hydrogens (tertiary/aromatic N) is 1. The lowest BCUT2D eigenvalue weighted by Gasteiger charge is -2.39. The number of fused-ring (bicyclic) bond motifs is 17. The van der Waals surface area contributed by atoms with Gasteiger partial charge < -0.3 is 9.30 Å². The molecule has 0 atom stereocenters. The van der Waals surface area contributed by atoms with Gasteiger partial charge in [-0.3, -0.25) is 0 Å². The summed E-state index contributed by atoms with van der Waals surface area (Å²) >= 11 is 1.86. The summed E-state index contributed by atoms with van der Waals surface area (Å²) in [6, 6.07) is 60.4. The van der Waals surface area contributed by atoms with Crippen molar-refractivity contribution in [1.29, 1.82) is 0 Å². The third kappa shape index (κ3) is 3.24. The quantitative estimate of drug-likeness (QED) is 0.172. The van der Waals surface area contributed by atoms with E-state index in [0.717, 1.165) is 22.7 Å². The largest absolute Gasteiger partial charge is 0.457 e. The van der Waals surface area contributed by atoms with Crippen LogP contribution in [-0.4, -0.2) is 4.57 Å². The molecule has 1 spiro atoms. The molecule has 10 aromatic rings. The molecule has 8 aromatic carbocycles. The Kier molecular flexibility index (Phi) is 5.08. The van der Waals surface area contributed by atoms with Gasteiger partial charge in [-0.25, -0.2) is 0 Å². The maximum absolute atomic E-state index is 6.98. The summed E-state index contributed by atoms with van der Waals surface area (Å²) in [6.07, 6.45) is 0. The molecule has 3 heteroatoms. The van der Waals surface area contributed by atoms with E-state index in [1.54, 1.807) is 0 Å². The zero-order chi connectivity index (χ0) is 32.6. The highest BCUT2D eigenvalue weighted by Gasteiger charge is 2.51. The molecule has 0 bridgehead atoms. The number of ether oxygens (including phenoxy) is 1. The van der Waals surface area contributed by atoms with Crippen LogP contribution in [0.25, 0.3) is 69.6 Å². The van der Waals surface area contributed by atoms with Gasteiger partial charge in [0.05, 0.1) is 16.4 Å². The molecule has 2 aliphatic rings. The first-order valence-corrected chi connectivity index (χ1v) is 18.0. The minimum Gasteiger partial charge on any atom is -0.457 e. The number of aromatic nitrogens is 1. The highest BCUT2D eigenvalue weighted by molar-refractivity contribution is 7.25. The van der Waals surface area contributed by atoms with Crippen LogP contribution in [0.15, 0.2) is 164 Å². The maximum atomic E-state index is 6.98. The highest BCUT2D eigenvalue weighted by Crippen LogP contribution is 2.62. The van der Waals surface area contributed by atoms with E-state index in [2.05, 4.69) is 168 Å². The minimum absolute atomic E-state index is 0.513. The summed E-state index contributed by atoms with van der Waals surface area (Å²) in [6.45, 7) is 0. The molecule has 0 fully saturated rings. The van der Waals surface area contributed by atoms with Crippen molar-refractivity contribution in [2.24, 2.45) is 0 Å². The fourth-order valence-electron chi connectivity index (χ4n) is 9.27. The lowest BCUT2D eigenvalue weighted by molar-refractivity contribution is 0.437. The van der Waals surface area contributed by atoms with Gasteiger partial charge in [0.15, 0.2) is 0 Å². The minimum atomic E-state index is -0.513. The molecule has 0 amide bonds. The van der Waals surface area contributed by atoms with Crippen molar-refractivity contribution in [3.05, 3.63) is 186 Å². The lowest BCUT2D eigenvalue weighted by Crippen LogP contribution is -2.32. The van der Waals surface area contributed by atoms with Crippen LogP contribution < -0.4 is 4.74 Å². The van der Waals surface area contributed by atoms with Gasteiger partial charge in [0.1, 0.15) is 11.5 Å². The Bertz CT molecular complexity index is 3040. The van der Waals surface area contributed by atoms with Gasteiger partial charge in [-0.05, 0) is 69.4 Å². The molecule has 3 heterocycles. The van der Waals surface area contributed by atoms with Gasteiger partial charge in [0, 0.05) is 53.8 Å². The second kappa shape index (κ2) is 9.50. The standard InChI is InChI=1S/C47H27NOS/c1-2-12-30-28(11-1)21-24-40-46(30)35-26-39-43(27-41(35)48(40)29-22-23-34-33-15-5-10-20-44(33)50-45(34)25-29)49-42-19-9-8-18-38(42)47(39)36-16-6-3-13-31(36)32-14-4-7-17-37(32)47/h1-27H. The molecule has 1 aliphatic carbocycles. The Hall–Kier alpha value is -6.16. The molecule has 50 heavy (non-hydrogen) atoms. The van der Waals surface area contributed by atoms with E-state index in [-0.39, 0.29) is 0 Å². The van der Waals surface area contributed by atoms with Crippen LogP contribution in [-0.2, 0) is 5.41 Å². The van der Waals surface area contributed by atoms with E-state index >= 15 is 0 Å². The van der Waals surface area contributed by atoms with Crippen molar-refractivity contribution >= 4 is 64.1 Å². The zero-order valence-electron chi connectivity index (χ0n) is 26.9. The monoisotopic (exact) mass is 653 g/mol. The molecule has 12 rings (SSSR count). The van der Waals surface area contributed by atoms with Crippen LogP contribution in [0.2, 0.25) is 0 Å². The van der Waals surface area contributed by atoms with Crippen LogP contribution in [0.3, 0.4) is 0 Å². The van der Waals surface area contributed by atoms with Crippen molar-refractivity contribution in [3.63, 3.8) is 0 Å². The Morgan fingerprint density at radius 2 is 1.12 bits per heavy atom. The average molecular weight is 654 g/mol. The molecule has 0 saturated carbocycles. The van der Waals surface area contributed by atoms with Gasteiger partial charge >= 0.3 is 0 Å². The van der Waals surface area contributed by atoms with Crippen LogP contribution in [0, 0.1) is 0 Å². The van der Waals surface area contributed by atoms with E-state index in [4.69, 9.17) is 4.74 Å². The SMILES string of the molecule is c1ccc2c(c1)Oc1cc3c(cc1C21c2ccccc2-c2ccccc21)c1c2ccccc2ccc1n3-c1ccc2c(c1)sc1ccccc12. The number of rotatable bonds is 1. The van der Waals surface area contributed by atoms with Crippen molar-refractivity contribution < 1.29 is 4.74 Å². The number of thiophene rings is 1. The summed E-state index contributed by atoms with van der Waals surface area (Å²) in [5.41, 5.74) is 10.5. The average Bonchev–Trinajstić information content (AvgIpc) is 3.80. The summed E-state index contributed by atoms with van der Waals surface area (Å²) in [5.74, 6) is 1.81. The molecule has 0 radical (unpaired) electrons. The first kappa shape index (κ1) is 26.8. The summed E-state index contributed by atoms with van der Waals surface area (Å²) in [5, 5.41) is 7.62. The second-order valence-electron chi connectivity index (χ2n) is 13.6. The number of hydrogen-bond donors (Lipinski definition) is 0. The molecule has 0 saturated heterocycles. The van der Waals surface area contributed by atoms with Crippen LogP contribution >= 0.6 is 11.3 Å². The van der Waals surface area contributed by atoms with E-state index in [1.807, 2.05) is 11.3 Å². The van der Waals surface area contributed by atoms with Gasteiger partial charge in [0.25, 0.3) is 0 Å². The highest BCUT2D eigenvalue weighted by atomic mass is 32.1. The van der Waals surface area contributed by atoms with Crippen molar-refractivity contribution in [2.45, 2.75) is 5.41 Å². The summed E-state index contributed by atoms with van der Waals surface area (Å²) in [4.78, 5) is 0. The normalized spacial score (nSPS) is 13.9.